The van der Waals surface area contributed by atoms with Crippen LogP contribution < -0.4 is 34.4 Å². The van der Waals surface area contributed by atoms with Crippen LogP contribution >= 0.6 is 0 Å². The Labute approximate surface area is 240 Å². The van der Waals surface area contributed by atoms with Gasteiger partial charge in [-0.05, 0) is 6.42 Å². The van der Waals surface area contributed by atoms with Crippen molar-refractivity contribution in [3.63, 3.8) is 0 Å². The molecular formula is C23H45FN6O12. The highest BCUT2D eigenvalue weighted by atomic mass is 19.1. The largest absolute Gasteiger partial charge is 0.394 e. The summed E-state index contributed by atoms with van der Waals surface area (Å²) in [5.74, 6) is 0. The van der Waals surface area contributed by atoms with E-state index in [1.807, 2.05) is 0 Å². The number of rotatable bonds is 9. The third-order valence-electron chi connectivity index (χ3n) is 8.32. The fourth-order valence-electron chi connectivity index (χ4n) is 5.72. The molecule has 3 heterocycles. The Morgan fingerprint density at radius 3 is 1.71 bits per heavy atom. The first-order valence-corrected chi connectivity index (χ1v) is 13.8. The summed E-state index contributed by atoms with van der Waals surface area (Å²) in [6.07, 6.45) is -21.0. The third kappa shape index (κ3) is 6.59. The SMILES string of the molecule is NC[C@@H]1O[C@H](O[C@H]2[C@@H](O)[C@H](O[C@@H]3[C@@H](O)[C@H](N)C[C@H](N)[C@H]3O[C@H]3O[C@H](CN)[C@@H](O)[C@H](F)[C@H]3N)O[C@@H]2CO)[C@H](N)[C@@H](O)[C@@H]1O. The molecule has 4 aliphatic rings. The molecule has 0 amide bonds. The molecule has 4 fully saturated rings. The number of halogens is 1. The number of hydrogen-bond donors (Lipinski definition) is 12. The van der Waals surface area contributed by atoms with Crippen LogP contribution in [-0.2, 0) is 28.4 Å². The second-order valence-electron chi connectivity index (χ2n) is 11.2. The quantitative estimate of drug-likeness (QED) is 0.114. The fraction of sp³-hybridized carbons (Fsp3) is 1.00. The summed E-state index contributed by atoms with van der Waals surface area (Å²) in [7, 11) is 0. The molecule has 3 aliphatic heterocycles. The van der Waals surface area contributed by atoms with Gasteiger partial charge in [-0.3, -0.25) is 0 Å². The summed E-state index contributed by atoms with van der Waals surface area (Å²) in [5, 5.41) is 62.4. The van der Waals surface area contributed by atoms with Crippen molar-refractivity contribution in [2.75, 3.05) is 19.7 Å². The lowest BCUT2D eigenvalue weighted by Crippen LogP contribution is -2.67. The number of aliphatic hydroxyl groups is 6. The molecule has 4 rings (SSSR count). The van der Waals surface area contributed by atoms with Gasteiger partial charge < -0.3 is 93.5 Å². The molecule has 19 heteroatoms. The Balaban J connectivity index is 1.50. The molecule has 19 atom stereocenters. The van der Waals surface area contributed by atoms with Crippen molar-refractivity contribution in [3.8, 4) is 0 Å². The van der Waals surface area contributed by atoms with Crippen LogP contribution in [0.25, 0.3) is 0 Å². The lowest BCUT2D eigenvalue weighted by molar-refractivity contribution is -0.302. The van der Waals surface area contributed by atoms with Crippen LogP contribution in [0.4, 0.5) is 4.39 Å². The van der Waals surface area contributed by atoms with Gasteiger partial charge in [-0.1, -0.05) is 0 Å². The van der Waals surface area contributed by atoms with E-state index < -0.39 is 123 Å². The van der Waals surface area contributed by atoms with E-state index in [-0.39, 0.29) is 19.5 Å². The van der Waals surface area contributed by atoms with Gasteiger partial charge in [0.15, 0.2) is 18.9 Å². The van der Waals surface area contributed by atoms with Gasteiger partial charge in [-0.15, -0.1) is 0 Å². The van der Waals surface area contributed by atoms with Crippen LogP contribution in [0.5, 0.6) is 0 Å². The molecule has 0 radical (unpaired) electrons. The van der Waals surface area contributed by atoms with Gasteiger partial charge in [0.2, 0.25) is 0 Å². The highest BCUT2D eigenvalue weighted by molar-refractivity contribution is 5.02. The average Bonchev–Trinajstić information content (AvgIpc) is 3.27. The molecule has 246 valence electrons. The Bertz CT molecular complexity index is 873. The van der Waals surface area contributed by atoms with E-state index in [1.165, 1.54) is 0 Å². The molecule has 18 N–H and O–H groups in total. The van der Waals surface area contributed by atoms with Gasteiger partial charge in [0.1, 0.15) is 67.2 Å². The van der Waals surface area contributed by atoms with Crippen molar-refractivity contribution in [2.24, 2.45) is 34.4 Å². The molecule has 3 saturated heterocycles. The number of nitrogens with two attached hydrogens (primary N) is 6. The summed E-state index contributed by atoms with van der Waals surface area (Å²) in [6.45, 7) is -1.07. The molecular weight excluding hydrogens is 571 g/mol. The standard InChI is InChI=1S/C23H45FN6O12/c24-10-11(29)21(37-7(2-25)14(10)33)40-18-6(28)1-5(27)13(32)20(18)42-23-17(36)19(9(4-31)39-23)41-22-12(30)16(35)15(34)8(3-26)38-22/h5-23,31-36H,1-4,25-30H2/t5-,6+,7-,8+,9-,10-,11-,12-,13+,14-,15-,16-,17-,18-,19-,20-,21-,22-,23+/m1/s1. The minimum atomic E-state index is -1.95. The maximum Gasteiger partial charge on any atom is 0.187 e. The molecule has 1 saturated carbocycles. The molecule has 0 aromatic carbocycles. The van der Waals surface area contributed by atoms with E-state index in [0.29, 0.717) is 0 Å². The van der Waals surface area contributed by atoms with E-state index in [1.54, 1.807) is 0 Å². The van der Waals surface area contributed by atoms with Gasteiger partial charge in [0.05, 0.1) is 24.8 Å². The zero-order valence-corrected chi connectivity index (χ0v) is 22.8. The van der Waals surface area contributed by atoms with E-state index >= 15 is 0 Å². The van der Waals surface area contributed by atoms with Gasteiger partial charge in [0.25, 0.3) is 0 Å². The Morgan fingerprint density at radius 1 is 0.595 bits per heavy atom. The van der Waals surface area contributed by atoms with Gasteiger partial charge >= 0.3 is 0 Å². The predicted octanol–water partition coefficient (Wildman–Crippen LogP) is -7.92. The van der Waals surface area contributed by atoms with Crippen LogP contribution in [0.2, 0.25) is 0 Å². The van der Waals surface area contributed by atoms with E-state index in [9.17, 15) is 35.0 Å². The second-order valence-corrected chi connectivity index (χ2v) is 11.2. The highest BCUT2D eigenvalue weighted by Crippen LogP contribution is 2.34. The first-order chi connectivity index (χ1) is 19.8. The first kappa shape index (κ1) is 34.1. The number of aliphatic hydroxyl groups excluding tert-OH is 6. The van der Waals surface area contributed by atoms with Crippen molar-refractivity contribution in [3.05, 3.63) is 0 Å². The molecule has 0 unspecified atom stereocenters. The van der Waals surface area contributed by atoms with Crippen molar-refractivity contribution in [1.29, 1.82) is 0 Å². The van der Waals surface area contributed by atoms with Crippen molar-refractivity contribution < 1.29 is 63.5 Å². The maximum atomic E-state index is 14.7. The van der Waals surface area contributed by atoms with Crippen LogP contribution in [0.15, 0.2) is 0 Å². The van der Waals surface area contributed by atoms with Crippen LogP contribution in [-0.4, -0.2) is 167 Å². The van der Waals surface area contributed by atoms with Crippen LogP contribution in [0.3, 0.4) is 0 Å². The molecule has 0 spiro atoms. The molecule has 1 aliphatic carbocycles. The third-order valence-corrected chi connectivity index (χ3v) is 8.32. The summed E-state index contributed by atoms with van der Waals surface area (Å²) >= 11 is 0. The number of alkyl halides is 1. The minimum absolute atomic E-state index is 0.0577. The zero-order chi connectivity index (χ0) is 31.0. The normalized spacial score (nSPS) is 53.8. The van der Waals surface area contributed by atoms with Gasteiger partial charge in [-0.25, -0.2) is 4.39 Å². The smallest absolute Gasteiger partial charge is 0.187 e. The second kappa shape index (κ2) is 14.1. The maximum absolute atomic E-state index is 14.7. The molecule has 18 nitrogen and oxygen atoms in total. The van der Waals surface area contributed by atoms with E-state index in [0.717, 1.165) is 0 Å². The fourth-order valence-corrected chi connectivity index (χ4v) is 5.72. The average molecular weight is 617 g/mol. The summed E-state index contributed by atoms with van der Waals surface area (Å²) in [6, 6.07) is -4.48. The van der Waals surface area contributed by atoms with Crippen molar-refractivity contribution >= 4 is 0 Å². The van der Waals surface area contributed by atoms with E-state index in [2.05, 4.69) is 0 Å². The van der Waals surface area contributed by atoms with Crippen molar-refractivity contribution in [1.82, 2.24) is 0 Å². The monoisotopic (exact) mass is 616 g/mol. The van der Waals surface area contributed by atoms with Crippen LogP contribution in [0.1, 0.15) is 6.42 Å². The topological polar surface area (TPSA) is 333 Å². The van der Waals surface area contributed by atoms with Gasteiger partial charge in [0, 0.05) is 25.2 Å². The van der Waals surface area contributed by atoms with E-state index in [4.69, 9.17) is 62.8 Å². The number of ether oxygens (including phenoxy) is 6. The Hall–Kier alpha value is -0.790. The minimum Gasteiger partial charge on any atom is -0.394 e. The number of hydrogen-bond acceptors (Lipinski definition) is 18. The van der Waals surface area contributed by atoms with Crippen LogP contribution in [0, 0.1) is 0 Å². The summed E-state index contributed by atoms with van der Waals surface area (Å²) in [5.41, 5.74) is 35.4. The molecule has 0 aromatic rings. The Morgan fingerprint density at radius 2 is 1.12 bits per heavy atom. The lowest BCUT2D eigenvalue weighted by atomic mass is 9.84. The summed E-state index contributed by atoms with van der Waals surface area (Å²) in [4.78, 5) is 0. The molecule has 0 aromatic heterocycles. The lowest BCUT2D eigenvalue weighted by Gasteiger charge is -2.47. The van der Waals surface area contributed by atoms with Crippen molar-refractivity contribution in [2.45, 2.75) is 123 Å². The van der Waals surface area contributed by atoms with Gasteiger partial charge in [-0.2, -0.15) is 0 Å². The highest BCUT2D eigenvalue weighted by Gasteiger charge is 2.54. The zero-order valence-electron chi connectivity index (χ0n) is 22.8. The first-order valence-electron chi connectivity index (χ1n) is 13.8. The Kier molecular flexibility index (Phi) is 11.4. The molecule has 0 bridgehead atoms. The molecule has 42 heavy (non-hydrogen) atoms. The predicted molar refractivity (Wildman–Crippen MR) is 137 cm³/mol. The summed E-state index contributed by atoms with van der Waals surface area (Å²) < 4.78 is 49.1.